The van der Waals surface area contributed by atoms with Crippen molar-refractivity contribution in [1.82, 2.24) is 0 Å². The van der Waals surface area contributed by atoms with Crippen LogP contribution in [0.25, 0.3) is 11.1 Å². The van der Waals surface area contributed by atoms with Crippen molar-refractivity contribution in [2.45, 2.75) is 64.2 Å². The second-order valence-electron chi connectivity index (χ2n) is 8.14. The van der Waals surface area contributed by atoms with E-state index in [1.807, 2.05) is 12.1 Å². The van der Waals surface area contributed by atoms with Gasteiger partial charge in [-0.25, -0.2) is 13.6 Å². The molecule has 0 aliphatic heterocycles. The lowest BCUT2D eigenvalue weighted by atomic mass is 9.77. The third-order valence-electron chi connectivity index (χ3n) is 6.21. The number of halogens is 2. The molecular formula is C25H30F2O2. The minimum absolute atomic E-state index is 0.416. The summed E-state index contributed by atoms with van der Waals surface area (Å²) in [5.41, 5.74) is 1.80. The van der Waals surface area contributed by atoms with E-state index in [1.54, 1.807) is 0 Å². The first-order chi connectivity index (χ1) is 14.0. The molecule has 3 rings (SSSR count). The monoisotopic (exact) mass is 400 g/mol. The Kier molecular flexibility index (Phi) is 7.40. The third-order valence-corrected chi connectivity index (χ3v) is 6.21. The van der Waals surface area contributed by atoms with Crippen molar-refractivity contribution < 1.29 is 18.3 Å². The van der Waals surface area contributed by atoms with Crippen molar-refractivity contribution in [3.05, 3.63) is 59.2 Å². The number of hydrogen-bond donors (Lipinski definition) is 0. The lowest BCUT2D eigenvalue weighted by molar-refractivity contribution is 0.0590. The number of methoxy groups -OCH3 is 1. The number of hydrogen-bond acceptors (Lipinski definition) is 2. The van der Waals surface area contributed by atoms with Gasteiger partial charge in [0.25, 0.3) is 0 Å². The molecule has 1 saturated carbocycles. The van der Waals surface area contributed by atoms with Crippen LogP contribution in [0.15, 0.2) is 36.4 Å². The molecule has 2 nitrogen and oxygen atoms in total. The smallest absolute Gasteiger partial charge is 0.343 e. The summed E-state index contributed by atoms with van der Waals surface area (Å²) in [6.45, 7) is 2.25. The molecule has 2 aromatic carbocycles. The molecule has 156 valence electrons. The van der Waals surface area contributed by atoms with Gasteiger partial charge in [0.05, 0.1) is 7.11 Å². The minimum atomic E-state index is -1.01. The van der Waals surface area contributed by atoms with Crippen LogP contribution in [0, 0.1) is 17.6 Å². The van der Waals surface area contributed by atoms with Gasteiger partial charge in [-0.2, -0.15) is 0 Å². The fourth-order valence-corrected chi connectivity index (χ4v) is 4.45. The Labute approximate surface area is 172 Å². The summed E-state index contributed by atoms with van der Waals surface area (Å²) in [4.78, 5) is 11.5. The zero-order valence-corrected chi connectivity index (χ0v) is 17.3. The van der Waals surface area contributed by atoms with Gasteiger partial charge in [-0.15, -0.1) is 0 Å². The van der Waals surface area contributed by atoms with Crippen molar-refractivity contribution in [2.75, 3.05) is 7.11 Å². The van der Waals surface area contributed by atoms with E-state index in [1.165, 1.54) is 69.1 Å². The van der Waals surface area contributed by atoms with Gasteiger partial charge in [0.1, 0.15) is 17.2 Å². The molecule has 0 spiro atoms. The normalized spacial score (nSPS) is 19.2. The molecule has 0 unspecified atom stereocenters. The van der Waals surface area contributed by atoms with Crippen LogP contribution in [0.5, 0.6) is 0 Å². The molecule has 0 saturated heterocycles. The average Bonchev–Trinajstić information content (AvgIpc) is 2.74. The summed E-state index contributed by atoms with van der Waals surface area (Å²) in [6.07, 6.45) is 10.3. The fraction of sp³-hybridized carbons (Fsp3) is 0.480. The van der Waals surface area contributed by atoms with Gasteiger partial charge in [0.2, 0.25) is 0 Å². The van der Waals surface area contributed by atoms with E-state index in [4.69, 9.17) is 0 Å². The van der Waals surface area contributed by atoms with Crippen molar-refractivity contribution in [3.63, 3.8) is 0 Å². The SMILES string of the molecule is CCCCCC1CCC(c2ccc(-c3cc(F)c(C(=O)OC)c(F)c3)cc2)CC1. The van der Waals surface area contributed by atoms with Gasteiger partial charge in [-0.1, -0.05) is 56.9 Å². The second kappa shape index (κ2) is 10.00. The first kappa shape index (κ1) is 21.5. The summed E-state index contributed by atoms with van der Waals surface area (Å²) in [6, 6.07) is 10.3. The molecule has 0 N–H and O–H groups in total. The molecule has 0 radical (unpaired) electrons. The minimum Gasteiger partial charge on any atom is -0.465 e. The van der Waals surface area contributed by atoms with Crippen LogP contribution >= 0.6 is 0 Å². The Balaban J connectivity index is 1.66. The maximum absolute atomic E-state index is 14.2. The highest BCUT2D eigenvalue weighted by Crippen LogP contribution is 2.38. The van der Waals surface area contributed by atoms with E-state index >= 15 is 0 Å². The molecule has 1 aliphatic carbocycles. The topological polar surface area (TPSA) is 26.3 Å². The van der Waals surface area contributed by atoms with Crippen molar-refractivity contribution in [2.24, 2.45) is 5.92 Å². The first-order valence-electron chi connectivity index (χ1n) is 10.7. The molecule has 2 aromatic rings. The quantitative estimate of drug-likeness (QED) is 0.361. The number of carbonyl (C=O) groups excluding carboxylic acids is 1. The van der Waals surface area contributed by atoms with E-state index in [2.05, 4.69) is 23.8 Å². The highest BCUT2D eigenvalue weighted by Gasteiger charge is 2.23. The Bertz CT molecular complexity index is 798. The van der Waals surface area contributed by atoms with Gasteiger partial charge in [-0.3, -0.25) is 0 Å². The number of ether oxygens (including phenoxy) is 1. The molecule has 1 aliphatic rings. The zero-order valence-electron chi connectivity index (χ0n) is 17.3. The molecule has 29 heavy (non-hydrogen) atoms. The molecular weight excluding hydrogens is 370 g/mol. The van der Waals surface area contributed by atoms with Gasteiger partial charge in [0.15, 0.2) is 0 Å². The van der Waals surface area contributed by atoms with E-state index in [9.17, 15) is 13.6 Å². The first-order valence-corrected chi connectivity index (χ1v) is 10.7. The molecule has 0 aromatic heterocycles. The van der Waals surface area contributed by atoms with E-state index < -0.39 is 23.2 Å². The maximum atomic E-state index is 14.2. The summed E-state index contributed by atoms with van der Waals surface area (Å²) >= 11 is 0. The van der Waals surface area contributed by atoms with E-state index in [0.29, 0.717) is 11.5 Å². The summed E-state index contributed by atoms with van der Waals surface area (Å²) in [5.74, 6) is -1.38. The highest BCUT2D eigenvalue weighted by molar-refractivity contribution is 5.90. The van der Waals surface area contributed by atoms with Crippen molar-refractivity contribution in [1.29, 1.82) is 0 Å². The van der Waals surface area contributed by atoms with Crippen LogP contribution in [-0.2, 0) is 4.74 Å². The van der Waals surface area contributed by atoms with Gasteiger partial charge in [-0.05, 0) is 66.3 Å². The summed E-state index contributed by atoms with van der Waals surface area (Å²) in [7, 11) is 1.10. The average molecular weight is 401 g/mol. The number of esters is 1. The highest BCUT2D eigenvalue weighted by atomic mass is 19.1. The third kappa shape index (κ3) is 5.23. The molecule has 0 amide bonds. The summed E-state index contributed by atoms with van der Waals surface area (Å²) < 4.78 is 32.9. The van der Waals surface area contributed by atoms with Crippen LogP contribution in [0.3, 0.4) is 0 Å². The van der Waals surface area contributed by atoms with E-state index in [-0.39, 0.29) is 0 Å². The Morgan fingerprint density at radius 3 is 2.14 bits per heavy atom. The van der Waals surface area contributed by atoms with Crippen LogP contribution in [0.1, 0.15) is 80.1 Å². The Morgan fingerprint density at radius 1 is 0.966 bits per heavy atom. The summed E-state index contributed by atoms with van der Waals surface area (Å²) in [5, 5.41) is 0. The van der Waals surface area contributed by atoms with Gasteiger partial charge < -0.3 is 4.74 Å². The molecule has 0 bridgehead atoms. The largest absolute Gasteiger partial charge is 0.465 e. The van der Waals surface area contributed by atoms with Crippen LogP contribution in [0.4, 0.5) is 8.78 Å². The number of rotatable bonds is 7. The Hall–Kier alpha value is -2.23. The molecule has 0 atom stereocenters. The Morgan fingerprint density at radius 2 is 1.59 bits per heavy atom. The zero-order chi connectivity index (χ0) is 20.8. The van der Waals surface area contributed by atoms with Crippen LogP contribution in [-0.4, -0.2) is 13.1 Å². The number of unbranched alkanes of at least 4 members (excludes halogenated alkanes) is 2. The fourth-order valence-electron chi connectivity index (χ4n) is 4.45. The van der Waals surface area contributed by atoms with Crippen molar-refractivity contribution in [3.8, 4) is 11.1 Å². The molecule has 0 heterocycles. The standard InChI is InChI=1S/C25H30F2O2/c1-3-4-5-6-17-7-9-18(10-8-17)19-11-13-20(14-12-19)21-15-22(26)24(23(27)16-21)25(28)29-2/h11-18H,3-10H2,1-2H3. The van der Waals surface area contributed by atoms with E-state index in [0.717, 1.165) is 18.6 Å². The predicted octanol–water partition coefficient (Wildman–Crippen LogP) is 7.27. The van der Waals surface area contributed by atoms with Crippen molar-refractivity contribution >= 4 is 5.97 Å². The molecule has 1 fully saturated rings. The predicted molar refractivity (Wildman–Crippen MR) is 112 cm³/mol. The second-order valence-corrected chi connectivity index (χ2v) is 8.14. The number of carbonyl (C=O) groups is 1. The van der Waals surface area contributed by atoms with Gasteiger partial charge >= 0.3 is 5.97 Å². The van der Waals surface area contributed by atoms with Crippen LogP contribution < -0.4 is 0 Å². The van der Waals surface area contributed by atoms with Crippen LogP contribution in [0.2, 0.25) is 0 Å². The lowest BCUT2D eigenvalue weighted by Gasteiger charge is -2.29. The molecule has 4 heteroatoms. The maximum Gasteiger partial charge on any atom is 0.343 e. The van der Waals surface area contributed by atoms with Gasteiger partial charge in [0, 0.05) is 0 Å². The lowest BCUT2D eigenvalue weighted by Crippen LogP contribution is -2.13. The number of benzene rings is 2.